The van der Waals surface area contributed by atoms with Gasteiger partial charge < -0.3 is 14.2 Å². The minimum Gasteiger partial charge on any atom is -0.462 e. The van der Waals surface area contributed by atoms with Gasteiger partial charge in [0.15, 0.2) is 6.10 Å². The fourth-order valence-electron chi connectivity index (χ4n) is 7.70. The quantitative estimate of drug-likeness (QED) is 0.0261. The Kier molecular flexibility index (Phi) is 56.4. The summed E-state index contributed by atoms with van der Waals surface area (Å²) in [6, 6.07) is 0. The van der Waals surface area contributed by atoms with Crippen LogP contribution in [0, 0.1) is 0 Å². The number of allylic oxidation sites excluding steroid dienone is 22. The molecule has 6 heteroatoms. The molecule has 0 spiro atoms. The first-order valence-corrected chi connectivity index (χ1v) is 29.7. The number of rotatable bonds is 52. The predicted octanol–water partition coefficient (Wildman–Crippen LogP) is 20.2. The summed E-state index contributed by atoms with van der Waals surface area (Å²) in [5.74, 6) is -0.965. The highest BCUT2D eigenvalue weighted by Gasteiger charge is 2.19. The Labute approximate surface area is 449 Å². The van der Waals surface area contributed by atoms with E-state index in [0.29, 0.717) is 25.7 Å². The average Bonchev–Trinajstić information content (AvgIpc) is 3.39. The highest BCUT2D eigenvalue weighted by atomic mass is 16.6. The molecule has 0 aliphatic carbocycles. The van der Waals surface area contributed by atoms with Crippen molar-refractivity contribution >= 4 is 17.9 Å². The molecule has 0 amide bonds. The van der Waals surface area contributed by atoms with Crippen molar-refractivity contribution in [3.8, 4) is 0 Å². The van der Waals surface area contributed by atoms with Crippen molar-refractivity contribution in [3.05, 3.63) is 134 Å². The van der Waals surface area contributed by atoms with Crippen molar-refractivity contribution in [2.75, 3.05) is 13.2 Å². The van der Waals surface area contributed by atoms with Gasteiger partial charge in [-0.2, -0.15) is 0 Å². The van der Waals surface area contributed by atoms with Crippen molar-refractivity contribution in [2.24, 2.45) is 0 Å². The van der Waals surface area contributed by atoms with Gasteiger partial charge in [-0.25, -0.2) is 0 Å². The second-order valence-electron chi connectivity index (χ2n) is 19.2. The van der Waals surface area contributed by atoms with Gasteiger partial charge in [0.1, 0.15) is 13.2 Å². The lowest BCUT2D eigenvalue weighted by Gasteiger charge is -2.18. The third kappa shape index (κ3) is 58.3. The van der Waals surface area contributed by atoms with Crippen molar-refractivity contribution in [3.63, 3.8) is 0 Å². The maximum Gasteiger partial charge on any atom is 0.306 e. The van der Waals surface area contributed by atoms with Gasteiger partial charge in [-0.15, -0.1) is 0 Å². The first-order valence-electron chi connectivity index (χ1n) is 29.7. The van der Waals surface area contributed by atoms with Gasteiger partial charge in [-0.05, 0) is 122 Å². The lowest BCUT2D eigenvalue weighted by atomic mass is 10.1. The Morgan fingerprint density at radius 1 is 0.288 bits per heavy atom. The van der Waals surface area contributed by atoms with Crippen LogP contribution in [0.15, 0.2) is 134 Å². The zero-order chi connectivity index (χ0) is 52.9. The van der Waals surface area contributed by atoms with Crippen molar-refractivity contribution in [1.82, 2.24) is 0 Å². The van der Waals surface area contributed by atoms with Crippen LogP contribution < -0.4 is 0 Å². The molecule has 0 fully saturated rings. The molecular weight excluding hydrogens is 901 g/mol. The third-order valence-corrected chi connectivity index (χ3v) is 12.1. The zero-order valence-electron chi connectivity index (χ0n) is 47.1. The molecule has 0 saturated carbocycles. The number of hydrogen-bond donors (Lipinski definition) is 0. The first-order chi connectivity index (χ1) is 36.0. The standard InChI is InChI=1S/C67H108O6/c1-4-7-10-13-16-19-21-23-25-27-29-30-31-32-33-34-35-36-38-39-41-43-45-48-51-54-57-60-66(69)72-63-64(62-71-65(68)59-56-53-50-47-18-15-12-9-6-3)73-67(70)61-58-55-52-49-46-44-42-40-37-28-26-24-22-20-17-14-11-8-5-2/h7,10,16-17,19-20,23-26,29-30,32-33,35-37,39-41,45,48,64H,4-6,8-9,11-15,18,21-22,27-28,31,34,38,42-44,46-47,49-63H2,1-3H3/b10-7-,19-16-,20-17-,25-23-,26-24-,30-29-,33-32-,36-35-,40-37-,41-39-,48-45-. The van der Waals surface area contributed by atoms with Gasteiger partial charge in [0, 0.05) is 19.3 Å². The number of carbonyl (C=O) groups is 3. The lowest BCUT2D eigenvalue weighted by molar-refractivity contribution is -0.167. The number of carbonyl (C=O) groups excluding carboxylic acids is 3. The van der Waals surface area contributed by atoms with Gasteiger partial charge in [0.25, 0.3) is 0 Å². The molecule has 0 rings (SSSR count). The Balaban J connectivity index is 4.39. The van der Waals surface area contributed by atoms with Crippen molar-refractivity contribution in [2.45, 2.75) is 258 Å². The summed E-state index contributed by atoms with van der Waals surface area (Å²) in [7, 11) is 0. The van der Waals surface area contributed by atoms with Crippen LogP contribution in [0.3, 0.4) is 0 Å². The fraction of sp³-hybridized carbons (Fsp3) is 0.627. The molecule has 0 aliphatic heterocycles. The van der Waals surface area contributed by atoms with E-state index in [9.17, 15) is 14.4 Å². The SMILES string of the molecule is CC/C=C\C/C=C\C/C=C\C/C=C\C/C=C\C/C=C\C/C=C\C/C=C\CCCCC(=O)OCC(COC(=O)CCCCCCCCCCC)OC(=O)CCCCCCCC/C=C\C/C=C\C/C=C\CCCCC. The normalized spacial score (nSPS) is 13.1. The van der Waals surface area contributed by atoms with Gasteiger partial charge in [-0.1, -0.05) is 244 Å². The average molecular weight is 1010 g/mol. The van der Waals surface area contributed by atoms with Crippen LogP contribution in [0.4, 0.5) is 0 Å². The molecule has 0 heterocycles. The maximum absolute atomic E-state index is 12.8. The van der Waals surface area contributed by atoms with Crippen LogP contribution in [0.25, 0.3) is 0 Å². The molecule has 6 nitrogen and oxygen atoms in total. The van der Waals surface area contributed by atoms with Crippen LogP contribution >= 0.6 is 0 Å². The summed E-state index contributed by atoms with van der Waals surface area (Å²) in [4.78, 5) is 38.1. The van der Waals surface area contributed by atoms with Crippen LogP contribution in [-0.2, 0) is 28.6 Å². The zero-order valence-corrected chi connectivity index (χ0v) is 47.1. The third-order valence-electron chi connectivity index (χ3n) is 12.1. The summed E-state index contributed by atoms with van der Waals surface area (Å²) in [6.45, 7) is 6.42. The van der Waals surface area contributed by atoms with Gasteiger partial charge in [-0.3, -0.25) is 14.4 Å². The Morgan fingerprint density at radius 2 is 0.534 bits per heavy atom. The first kappa shape index (κ1) is 68.6. The van der Waals surface area contributed by atoms with E-state index in [-0.39, 0.29) is 31.1 Å². The summed E-state index contributed by atoms with van der Waals surface area (Å²) in [6.07, 6.45) is 84.5. The van der Waals surface area contributed by atoms with E-state index in [1.54, 1.807) is 0 Å². The molecule has 0 aliphatic rings. The highest BCUT2D eigenvalue weighted by molar-refractivity contribution is 5.71. The highest BCUT2D eigenvalue weighted by Crippen LogP contribution is 2.14. The van der Waals surface area contributed by atoms with Crippen molar-refractivity contribution in [1.29, 1.82) is 0 Å². The van der Waals surface area contributed by atoms with E-state index in [0.717, 1.165) is 128 Å². The minimum absolute atomic E-state index is 0.100. The number of hydrogen-bond acceptors (Lipinski definition) is 6. The summed E-state index contributed by atoms with van der Waals surface area (Å²) in [5.41, 5.74) is 0. The lowest BCUT2D eigenvalue weighted by Crippen LogP contribution is -2.30. The molecule has 0 aromatic heterocycles. The van der Waals surface area contributed by atoms with Gasteiger partial charge in [0.05, 0.1) is 0 Å². The topological polar surface area (TPSA) is 78.9 Å². The van der Waals surface area contributed by atoms with E-state index in [1.807, 2.05) is 0 Å². The Hall–Kier alpha value is -4.45. The molecule has 73 heavy (non-hydrogen) atoms. The van der Waals surface area contributed by atoms with Crippen LogP contribution in [0.1, 0.15) is 252 Å². The van der Waals surface area contributed by atoms with E-state index in [1.165, 1.54) is 77.0 Å². The van der Waals surface area contributed by atoms with Gasteiger partial charge in [0.2, 0.25) is 0 Å². The molecule has 0 saturated heterocycles. The molecule has 0 radical (unpaired) electrons. The summed E-state index contributed by atoms with van der Waals surface area (Å²) in [5, 5.41) is 0. The van der Waals surface area contributed by atoms with E-state index in [2.05, 4.69) is 154 Å². The van der Waals surface area contributed by atoms with E-state index < -0.39 is 6.10 Å². The maximum atomic E-state index is 12.8. The number of ether oxygens (including phenoxy) is 3. The second kappa shape index (κ2) is 60.1. The molecule has 1 unspecified atom stereocenters. The minimum atomic E-state index is -0.806. The van der Waals surface area contributed by atoms with E-state index >= 15 is 0 Å². The monoisotopic (exact) mass is 1010 g/mol. The smallest absolute Gasteiger partial charge is 0.306 e. The van der Waals surface area contributed by atoms with Crippen molar-refractivity contribution < 1.29 is 28.6 Å². The van der Waals surface area contributed by atoms with Gasteiger partial charge >= 0.3 is 17.9 Å². The summed E-state index contributed by atoms with van der Waals surface area (Å²) >= 11 is 0. The Morgan fingerprint density at radius 3 is 0.890 bits per heavy atom. The largest absolute Gasteiger partial charge is 0.462 e. The molecule has 1 atom stereocenters. The Bertz CT molecular complexity index is 1580. The molecule has 0 aromatic rings. The number of unbranched alkanes of at least 4 members (excludes halogenated alkanes) is 19. The second-order valence-corrected chi connectivity index (χ2v) is 19.2. The van der Waals surface area contributed by atoms with Crippen LogP contribution in [0.5, 0.6) is 0 Å². The number of esters is 3. The van der Waals surface area contributed by atoms with Crippen LogP contribution in [-0.4, -0.2) is 37.2 Å². The van der Waals surface area contributed by atoms with E-state index in [4.69, 9.17) is 14.2 Å². The molecular formula is C67H108O6. The molecule has 0 aromatic carbocycles. The predicted molar refractivity (Wildman–Crippen MR) is 316 cm³/mol. The molecule has 0 bridgehead atoms. The summed E-state index contributed by atoms with van der Waals surface area (Å²) < 4.78 is 16.8. The van der Waals surface area contributed by atoms with Crippen LogP contribution in [0.2, 0.25) is 0 Å². The fourth-order valence-corrected chi connectivity index (χ4v) is 7.70. The molecule has 412 valence electrons. The molecule has 0 N–H and O–H groups in total.